The summed E-state index contributed by atoms with van der Waals surface area (Å²) in [7, 11) is 0. The molecule has 9 heteroatoms. The number of aromatic amines is 1. The molecule has 2 heterocycles. The van der Waals surface area contributed by atoms with Crippen LogP contribution in [0.3, 0.4) is 0 Å². The molecule has 0 spiro atoms. The SMILES string of the molecule is Cc1nc(Nc2cc(C3CC3)[nH]n2)nc(NC(C)c2ccc(Cl)cc2Cl)n1. The van der Waals surface area contributed by atoms with Crippen LogP contribution >= 0.6 is 23.2 Å². The molecular weight excluding hydrogens is 385 g/mol. The van der Waals surface area contributed by atoms with Crippen molar-refractivity contribution in [3.05, 3.63) is 51.4 Å². The lowest BCUT2D eigenvalue weighted by atomic mass is 10.1. The Morgan fingerprint density at radius 3 is 2.63 bits per heavy atom. The molecule has 140 valence electrons. The van der Waals surface area contributed by atoms with E-state index in [2.05, 4.69) is 35.8 Å². The van der Waals surface area contributed by atoms with Crippen molar-refractivity contribution >= 4 is 40.9 Å². The maximum atomic E-state index is 6.29. The Bertz CT molecular complexity index is 968. The van der Waals surface area contributed by atoms with Gasteiger partial charge < -0.3 is 10.6 Å². The Balaban J connectivity index is 1.50. The predicted octanol–water partition coefficient (Wildman–Crippen LogP) is 5.00. The van der Waals surface area contributed by atoms with E-state index in [1.54, 1.807) is 6.07 Å². The monoisotopic (exact) mass is 403 g/mol. The molecule has 1 saturated carbocycles. The van der Waals surface area contributed by atoms with E-state index < -0.39 is 0 Å². The fourth-order valence-electron chi connectivity index (χ4n) is 2.85. The summed E-state index contributed by atoms with van der Waals surface area (Å²) in [6, 6.07) is 7.31. The minimum Gasteiger partial charge on any atom is -0.347 e. The number of anilines is 3. The Labute approximate surface area is 166 Å². The molecule has 0 aliphatic heterocycles. The van der Waals surface area contributed by atoms with Crippen LogP contribution in [0.2, 0.25) is 10.0 Å². The van der Waals surface area contributed by atoms with Crippen LogP contribution in [-0.4, -0.2) is 25.1 Å². The quantitative estimate of drug-likeness (QED) is 0.535. The van der Waals surface area contributed by atoms with Gasteiger partial charge in [0.2, 0.25) is 11.9 Å². The number of aromatic nitrogens is 5. The molecule has 4 rings (SSSR count). The van der Waals surface area contributed by atoms with E-state index >= 15 is 0 Å². The molecule has 0 saturated heterocycles. The lowest BCUT2D eigenvalue weighted by Gasteiger charge is -2.16. The third kappa shape index (κ3) is 4.31. The molecule has 0 amide bonds. The average Bonchev–Trinajstić information content (AvgIpc) is 3.34. The molecule has 2 aromatic heterocycles. The summed E-state index contributed by atoms with van der Waals surface area (Å²) in [6.07, 6.45) is 2.43. The highest BCUT2D eigenvalue weighted by atomic mass is 35.5. The van der Waals surface area contributed by atoms with E-state index in [9.17, 15) is 0 Å². The zero-order valence-electron chi connectivity index (χ0n) is 14.9. The van der Waals surface area contributed by atoms with Gasteiger partial charge in [0.25, 0.3) is 0 Å². The minimum absolute atomic E-state index is 0.101. The van der Waals surface area contributed by atoms with E-state index in [1.165, 1.54) is 12.8 Å². The van der Waals surface area contributed by atoms with Gasteiger partial charge in [0.05, 0.1) is 6.04 Å². The number of halogens is 2. The van der Waals surface area contributed by atoms with Crippen molar-refractivity contribution in [2.75, 3.05) is 10.6 Å². The van der Waals surface area contributed by atoms with Crippen molar-refractivity contribution < 1.29 is 0 Å². The molecule has 1 aliphatic carbocycles. The molecule has 0 radical (unpaired) electrons. The molecule has 7 nitrogen and oxygen atoms in total. The molecule has 1 aliphatic rings. The highest BCUT2D eigenvalue weighted by molar-refractivity contribution is 6.35. The van der Waals surface area contributed by atoms with Crippen molar-refractivity contribution in [2.24, 2.45) is 0 Å². The minimum atomic E-state index is -0.101. The topological polar surface area (TPSA) is 91.4 Å². The Kier molecular flexibility index (Phi) is 4.88. The van der Waals surface area contributed by atoms with Crippen molar-refractivity contribution in [3.63, 3.8) is 0 Å². The van der Waals surface area contributed by atoms with E-state index in [1.807, 2.05) is 32.0 Å². The fraction of sp³-hybridized carbons (Fsp3) is 0.333. The van der Waals surface area contributed by atoms with Crippen LogP contribution in [0, 0.1) is 6.92 Å². The number of nitrogens with zero attached hydrogens (tertiary/aromatic N) is 4. The molecule has 27 heavy (non-hydrogen) atoms. The van der Waals surface area contributed by atoms with Gasteiger partial charge in [-0.25, -0.2) is 0 Å². The second-order valence-electron chi connectivity index (χ2n) is 6.67. The van der Waals surface area contributed by atoms with Gasteiger partial charge in [-0.2, -0.15) is 20.1 Å². The van der Waals surface area contributed by atoms with Crippen molar-refractivity contribution in [1.82, 2.24) is 25.1 Å². The van der Waals surface area contributed by atoms with Gasteiger partial charge in [0.1, 0.15) is 5.82 Å². The molecule has 3 aromatic rings. The molecule has 3 N–H and O–H groups in total. The molecular formula is C18H19Cl2N7. The van der Waals surface area contributed by atoms with Crippen LogP contribution in [-0.2, 0) is 0 Å². The number of aryl methyl sites for hydroxylation is 1. The Morgan fingerprint density at radius 1 is 1.11 bits per heavy atom. The van der Waals surface area contributed by atoms with Crippen LogP contribution in [0.4, 0.5) is 17.7 Å². The van der Waals surface area contributed by atoms with Gasteiger partial charge in [-0.3, -0.25) is 5.10 Å². The number of H-pyrrole nitrogens is 1. The van der Waals surface area contributed by atoms with Crippen LogP contribution < -0.4 is 10.6 Å². The largest absolute Gasteiger partial charge is 0.347 e. The van der Waals surface area contributed by atoms with E-state index in [0.29, 0.717) is 39.5 Å². The van der Waals surface area contributed by atoms with Crippen molar-refractivity contribution in [1.29, 1.82) is 0 Å². The number of nitrogens with one attached hydrogen (secondary N) is 3. The number of rotatable bonds is 6. The summed E-state index contributed by atoms with van der Waals surface area (Å²) in [5.41, 5.74) is 2.06. The highest BCUT2D eigenvalue weighted by Gasteiger charge is 2.25. The Hall–Kier alpha value is -2.38. The summed E-state index contributed by atoms with van der Waals surface area (Å²) in [5.74, 6) is 2.80. The summed E-state index contributed by atoms with van der Waals surface area (Å²) in [6.45, 7) is 3.80. The first-order chi connectivity index (χ1) is 13.0. The van der Waals surface area contributed by atoms with Gasteiger partial charge >= 0.3 is 0 Å². The molecule has 1 aromatic carbocycles. The van der Waals surface area contributed by atoms with Crippen LogP contribution in [0.1, 0.15) is 48.8 Å². The summed E-state index contributed by atoms with van der Waals surface area (Å²) < 4.78 is 0. The van der Waals surface area contributed by atoms with E-state index in [0.717, 1.165) is 11.3 Å². The van der Waals surface area contributed by atoms with Crippen LogP contribution in [0.15, 0.2) is 24.3 Å². The van der Waals surface area contributed by atoms with Gasteiger partial charge in [0.15, 0.2) is 5.82 Å². The maximum absolute atomic E-state index is 6.29. The first-order valence-corrected chi connectivity index (χ1v) is 9.50. The fourth-order valence-corrected chi connectivity index (χ4v) is 3.42. The predicted molar refractivity (Wildman–Crippen MR) is 107 cm³/mol. The number of hydrogen-bond donors (Lipinski definition) is 3. The molecule has 1 atom stereocenters. The third-order valence-corrected chi connectivity index (χ3v) is 4.94. The highest BCUT2D eigenvalue weighted by Crippen LogP contribution is 2.39. The zero-order chi connectivity index (χ0) is 19.0. The second kappa shape index (κ2) is 7.32. The Morgan fingerprint density at radius 2 is 1.89 bits per heavy atom. The smallest absolute Gasteiger partial charge is 0.233 e. The van der Waals surface area contributed by atoms with E-state index in [4.69, 9.17) is 23.2 Å². The summed E-state index contributed by atoms with van der Waals surface area (Å²) in [4.78, 5) is 13.1. The third-order valence-electron chi connectivity index (χ3n) is 4.38. The molecule has 1 unspecified atom stereocenters. The average molecular weight is 404 g/mol. The number of benzene rings is 1. The van der Waals surface area contributed by atoms with Gasteiger partial charge in [0, 0.05) is 27.7 Å². The summed E-state index contributed by atoms with van der Waals surface area (Å²) in [5, 5.41) is 14.9. The van der Waals surface area contributed by atoms with Crippen LogP contribution in [0.5, 0.6) is 0 Å². The molecule has 1 fully saturated rings. The van der Waals surface area contributed by atoms with Gasteiger partial charge in [-0.15, -0.1) is 0 Å². The molecule has 0 bridgehead atoms. The normalized spacial score (nSPS) is 14.8. The van der Waals surface area contributed by atoms with Gasteiger partial charge in [-0.05, 0) is 44.4 Å². The first kappa shape index (κ1) is 18.0. The lowest BCUT2D eigenvalue weighted by Crippen LogP contribution is -2.12. The second-order valence-corrected chi connectivity index (χ2v) is 7.51. The lowest BCUT2D eigenvalue weighted by molar-refractivity contribution is 0.847. The maximum Gasteiger partial charge on any atom is 0.233 e. The van der Waals surface area contributed by atoms with Crippen LogP contribution in [0.25, 0.3) is 0 Å². The first-order valence-electron chi connectivity index (χ1n) is 8.74. The van der Waals surface area contributed by atoms with E-state index in [-0.39, 0.29) is 6.04 Å². The standard InChI is InChI=1S/C18H19Cl2N7/c1-9(13-6-5-12(19)7-14(13)20)21-17-22-10(2)23-18(25-17)24-16-8-15(26-27-16)11-3-4-11/h5-9,11H,3-4H2,1-2H3,(H3,21,22,23,24,25,26,27). The van der Waals surface area contributed by atoms with Crippen molar-refractivity contribution in [3.8, 4) is 0 Å². The number of hydrogen-bond acceptors (Lipinski definition) is 6. The van der Waals surface area contributed by atoms with Gasteiger partial charge in [-0.1, -0.05) is 29.3 Å². The summed E-state index contributed by atoms with van der Waals surface area (Å²) >= 11 is 12.3. The zero-order valence-corrected chi connectivity index (χ0v) is 16.4. The van der Waals surface area contributed by atoms with Crippen molar-refractivity contribution in [2.45, 2.75) is 38.6 Å².